The van der Waals surface area contributed by atoms with Gasteiger partial charge in [0, 0.05) is 31.8 Å². The third-order valence-corrected chi connectivity index (χ3v) is 5.65. The molecule has 0 spiro atoms. The number of aliphatic hydroxyl groups is 1. The number of benzene rings is 2. The van der Waals surface area contributed by atoms with Crippen molar-refractivity contribution in [1.82, 2.24) is 15.6 Å². The zero-order valence-electron chi connectivity index (χ0n) is 20.4. The molecule has 1 amide bonds. The molecule has 2 aromatic carbocycles. The fraction of sp³-hybridized carbons (Fsp3) is 0.269. The Balaban J connectivity index is 1.29. The van der Waals surface area contributed by atoms with Crippen molar-refractivity contribution >= 4 is 17.3 Å². The molecule has 0 bridgehead atoms. The Morgan fingerprint density at radius 2 is 2.08 bits per heavy atom. The zero-order valence-corrected chi connectivity index (χ0v) is 20.4. The maximum Gasteiger partial charge on any atom is 0.253 e. The predicted molar refractivity (Wildman–Crippen MR) is 136 cm³/mol. The average molecular weight is 510 g/mol. The van der Waals surface area contributed by atoms with E-state index in [9.17, 15) is 14.3 Å². The molecule has 2 unspecified atom stereocenters. The first-order valence-corrected chi connectivity index (χ1v) is 11.6. The molecule has 11 heteroatoms. The summed E-state index contributed by atoms with van der Waals surface area (Å²) in [6.07, 6.45) is 2.28. The number of rotatable bonds is 11. The summed E-state index contributed by atoms with van der Waals surface area (Å²) in [5.74, 6) is -0.0452. The topological polar surface area (TPSA) is 126 Å². The highest BCUT2D eigenvalue weighted by molar-refractivity contribution is 5.95. The molecule has 1 aromatic heterocycles. The Kier molecular flexibility index (Phi) is 8.49. The van der Waals surface area contributed by atoms with E-state index in [1.807, 2.05) is 18.2 Å². The van der Waals surface area contributed by atoms with Crippen molar-refractivity contribution in [3.05, 3.63) is 72.3 Å². The number of methoxy groups -OCH3 is 1. The third kappa shape index (κ3) is 6.51. The number of nitrogens with zero attached hydrogens (tertiary/aromatic N) is 2. The molecule has 0 radical (unpaired) electrons. The van der Waals surface area contributed by atoms with Gasteiger partial charge in [-0.2, -0.15) is 0 Å². The highest BCUT2D eigenvalue weighted by Crippen LogP contribution is 2.31. The number of anilines is 1. The zero-order chi connectivity index (χ0) is 26.2. The Morgan fingerprint density at radius 3 is 2.86 bits per heavy atom. The maximum absolute atomic E-state index is 14.5. The molecule has 1 aliphatic rings. The summed E-state index contributed by atoms with van der Waals surface area (Å²) < 4.78 is 25.7. The van der Waals surface area contributed by atoms with Crippen molar-refractivity contribution in [3.63, 3.8) is 0 Å². The van der Waals surface area contributed by atoms with Crippen LogP contribution in [0.4, 0.5) is 10.1 Å². The lowest BCUT2D eigenvalue weighted by Crippen LogP contribution is -2.39. The second-order valence-electron chi connectivity index (χ2n) is 8.17. The second kappa shape index (κ2) is 12.2. The fourth-order valence-electron chi connectivity index (χ4n) is 3.77. The van der Waals surface area contributed by atoms with Crippen molar-refractivity contribution < 1.29 is 28.6 Å². The molecule has 4 N–H and O–H groups in total. The van der Waals surface area contributed by atoms with E-state index in [1.54, 1.807) is 30.6 Å². The van der Waals surface area contributed by atoms with Gasteiger partial charge < -0.3 is 30.1 Å². The molecule has 194 valence electrons. The smallest absolute Gasteiger partial charge is 0.253 e. The van der Waals surface area contributed by atoms with Gasteiger partial charge in [-0.3, -0.25) is 15.1 Å². The number of carbonyl (C=O) groups excluding carboxylic acids is 1. The summed E-state index contributed by atoms with van der Waals surface area (Å²) in [4.78, 5) is 21.2. The summed E-state index contributed by atoms with van der Waals surface area (Å²) in [6, 6.07) is 13.4. The summed E-state index contributed by atoms with van der Waals surface area (Å²) >= 11 is 0. The fourth-order valence-corrected chi connectivity index (χ4v) is 3.77. The van der Waals surface area contributed by atoms with Gasteiger partial charge in [0.15, 0.2) is 18.2 Å². The van der Waals surface area contributed by atoms with Crippen LogP contribution in [0.5, 0.6) is 11.5 Å². The molecule has 3 aromatic rings. The predicted octanol–water partition coefficient (Wildman–Crippen LogP) is 2.76. The SMILES string of the molecule is CNC(=O)c1ccc(-c2ccccc2OCC2CC(CNC(O)Nc3ccncc3OC)=NO2)cc1F. The van der Waals surface area contributed by atoms with Gasteiger partial charge in [0.1, 0.15) is 18.2 Å². The first-order valence-electron chi connectivity index (χ1n) is 11.6. The lowest BCUT2D eigenvalue weighted by molar-refractivity contribution is 0.0472. The number of halogens is 1. The third-order valence-electron chi connectivity index (χ3n) is 5.65. The Labute approximate surface area is 213 Å². The van der Waals surface area contributed by atoms with Gasteiger partial charge in [-0.05, 0) is 29.8 Å². The van der Waals surface area contributed by atoms with Crippen LogP contribution in [0.25, 0.3) is 11.1 Å². The van der Waals surface area contributed by atoms with Gasteiger partial charge in [0.2, 0.25) is 0 Å². The maximum atomic E-state index is 14.5. The second-order valence-corrected chi connectivity index (χ2v) is 8.17. The normalized spacial score (nSPS) is 15.4. The molecule has 0 saturated carbocycles. The standard InChI is InChI=1S/C26H28FN5O5/c1-28-25(33)20-8-7-16(11-21(20)27)19-5-3-4-6-23(19)36-15-18-12-17(32-37-18)13-30-26(34)31-22-9-10-29-14-24(22)35-2/h3-11,14,18,26,30,34H,12-13,15H2,1-2H3,(H,28,33)(H,29,31). The Hall–Kier alpha value is -4.22. The number of pyridine rings is 1. The molecule has 0 fully saturated rings. The molecule has 0 aliphatic carbocycles. The molecular weight excluding hydrogens is 481 g/mol. The first-order chi connectivity index (χ1) is 18.0. The van der Waals surface area contributed by atoms with Crippen LogP contribution >= 0.6 is 0 Å². The van der Waals surface area contributed by atoms with Crippen LogP contribution in [0, 0.1) is 5.82 Å². The minimum Gasteiger partial charge on any atom is -0.493 e. The first kappa shape index (κ1) is 25.9. The summed E-state index contributed by atoms with van der Waals surface area (Å²) in [6.45, 7) is 0.517. The van der Waals surface area contributed by atoms with E-state index in [0.717, 1.165) is 5.71 Å². The number of oxime groups is 1. The molecule has 1 aliphatic heterocycles. The van der Waals surface area contributed by atoms with E-state index in [2.05, 4.69) is 26.1 Å². The van der Waals surface area contributed by atoms with Crippen LogP contribution in [-0.2, 0) is 4.84 Å². The Morgan fingerprint density at radius 1 is 1.24 bits per heavy atom. The largest absolute Gasteiger partial charge is 0.493 e. The van der Waals surface area contributed by atoms with Crippen molar-refractivity contribution in [2.24, 2.45) is 5.16 Å². The van der Waals surface area contributed by atoms with Crippen LogP contribution in [-0.4, -0.2) is 61.5 Å². The number of carbonyl (C=O) groups is 1. The van der Waals surface area contributed by atoms with Crippen LogP contribution in [0.15, 0.2) is 66.1 Å². The van der Waals surface area contributed by atoms with E-state index in [1.165, 1.54) is 26.3 Å². The molecule has 10 nitrogen and oxygen atoms in total. The van der Waals surface area contributed by atoms with Gasteiger partial charge in [0.25, 0.3) is 5.91 Å². The number of nitrogens with one attached hydrogen (secondary N) is 3. The number of aromatic nitrogens is 1. The van der Waals surface area contributed by atoms with Crippen molar-refractivity contribution in [2.75, 3.05) is 32.6 Å². The van der Waals surface area contributed by atoms with Crippen LogP contribution in [0.3, 0.4) is 0 Å². The highest BCUT2D eigenvalue weighted by Gasteiger charge is 2.23. The van der Waals surface area contributed by atoms with Gasteiger partial charge in [-0.1, -0.05) is 29.4 Å². The van der Waals surface area contributed by atoms with Gasteiger partial charge in [-0.15, -0.1) is 0 Å². The quantitative estimate of drug-likeness (QED) is 0.291. The molecule has 2 atom stereocenters. The molecule has 4 rings (SSSR count). The van der Waals surface area contributed by atoms with E-state index >= 15 is 0 Å². The number of para-hydroxylation sites is 1. The number of hydrogen-bond donors (Lipinski definition) is 4. The minimum absolute atomic E-state index is 0.0254. The van der Waals surface area contributed by atoms with Crippen LogP contribution in [0.2, 0.25) is 0 Å². The summed E-state index contributed by atoms with van der Waals surface area (Å²) in [5, 5.41) is 22.6. The number of aliphatic hydroxyl groups excluding tert-OH is 1. The van der Waals surface area contributed by atoms with Crippen molar-refractivity contribution in [1.29, 1.82) is 0 Å². The lowest BCUT2D eigenvalue weighted by atomic mass is 10.0. The van der Waals surface area contributed by atoms with Crippen molar-refractivity contribution in [3.8, 4) is 22.6 Å². The van der Waals surface area contributed by atoms with E-state index in [0.29, 0.717) is 41.3 Å². The lowest BCUT2D eigenvalue weighted by Gasteiger charge is -2.17. The Bertz CT molecular complexity index is 1270. The number of amides is 1. The van der Waals surface area contributed by atoms with Gasteiger partial charge >= 0.3 is 0 Å². The van der Waals surface area contributed by atoms with E-state index in [4.69, 9.17) is 14.3 Å². The monoisotopic (exact) mass is 509 g/mol. The molecular formula is C26H28FN5O5. The van der Waals surface area contributed by atoms with E-state index < -0.39 is 18.1 Å². The number of ether oxygens (including phenoxy) is 2. The minimum atomic E-state index is -1.05. The van der Waals surface area contributed by atoms with Gasteiger partial charge in [0.05, 0.1) is 30.3 Å². The molecule has 0 saturated heterocycles. The molecule has 2 heterocycles. The summed E-state index contributed by atoms with van der Waals surface area (Å²) in [5.41, 5.74) is 2.56. The van der Waals surface area contributed by atoms with Crippen molar-refractivity contribution in [2.45, 2.75) is 18.9 Å². The molecule has 37 heavy (non-hydrogen) atoms. The number of hydrogen-bond acceptors (Lipinski definition) is 9. The summed E-state index contributed by atoms with van der Waals surface area (Å²) in [7, 11) is 2.97. The average Bonchev–Trinajstić information content (AvgIpc) is 3.38. The van der Waals surface area contributed by atoms with Crippen LogP contribution in [0.1, 0.15) is 16.8 Å². The van der Waals surface area contributed by atoms with Gasteiger partial charge in [-0.25, -0.2) is 4.39 Å². The highest BCUT2D eigenvalue weighted by atomic mass is 19.1. The van der Waals surface area contributed by atoms with Crippen LogP contribution < -0.4 is 25.4 Å². The van der Waals surface area contributed by atoms with E-state index in [-0.39, 0.29) is 18.3 Å².